The SMILES string of the molecule is CSCC[C@@H](NC(N)=O)C(=O)OCC(=O)N1CCCc2ccccc21. The Hall–Kier alpha value is -2.22. The molecule has 136 valence electrons. The van der Waals surface area contributed by atoms with Gasteiger partial charge < -0.3 is 20.7 Å². The minimum Gasteiger partial charge on any atom is -0.454 e. The van der Waals surface area contributed by atoms with E-state index in [-0.39, 0.29) is 12.5 Å². The number of amides is 3. The fraction of sp³-hybridized carbons (Fsp3) is 0.471. The average molecular weight is 365 g/mol. The van der Waals surface area contributed by atoms with Crippen LogP contribution in [0.3, 0.4) is 0 Å². The standard InChI is InChI=1S/C17H23N3O4S/c1-25-10-8-13(19-17(18)23)16(22)24-11-15(21)20-9-4-6-12-5-2-3-7-14(12)20/h2-3,5,7,13H,4,6,8-11H2,1H3,(H3,18,19,23)/t13-/m1/s1. The number of aryl methyl sites for hydroxylation is 1. The van der Waals surface area contributed by atoms with Crippen LogP contribution in [0.5, 0.6) is 0 Å². The number of esters is 1. The number of nitrogens with zero attached hydrogens (tertiary/aromatic N) is 1. The number of hydrogen-bond donors (Lipinski definition) is 2. The predicted molar refractivity (Wildman–Crippen MR) is 97.6 cm³/mol. The van der Waals surface area contributed by atoms with Crippen LogP contribution in [-0.2, 0) is 20.7 Å². The summed E-state index contributed by atoms with van der Waals surface area (Å²) in [7, 11) is 0. The van der Waals surface area contributed by atoms with Crippen LogP contribution in [0.15, 0.2) is 24.3 Å². The quantitative estimate of drug-likeness (QED) is 0.709. The molecule has 0 saturated carbocycles. The zero-order valence-corrected chi connectivity index (χ0v) is 15.0. The van der Waals surface area contributed by atoms with Gasteiger partial charge in [-0.25, -0.2) is 9.59 Å². The van der Waals surface area contributed by atoms with Crippen molar-refractivity contribution in [1.29, 1.82) is 0 Å². The molecule has 3 N–H and O–H groups in total. The third kappa shape index (κ3) is 5.38. The molecule has 2 rings (SSSR count). The molecular weight excluding hydrogens is 342 g/mol. The number of thioether (sulfide) groups is 1. The Labute approximate surface area is 151 Å². The normalized spacial score (nSPS) is 14.4. The Morgan fingerprint density at radius 3 is 2.84 bits per heavy atom. The molecule has 25 heavy (non-hydrogen) atoms. The van der Waals surface area contributed by atoms with Gasteiger partial charge in [0.15, 0.2) is 6.61 Å². The van der Waals surface area contributed by atoms with Crippen LogP contribution in [0.4, 0.5) is 10.5 Å². The van der Waals surface area contributed by atoms with Gasteiger partial charge in [0.05, 0.1) is 0 Å². The Bertz CT molecular complexity index is 638. The lowest BCUT2D eigenvalue weighted by atomic mass is 10.0. The number of benzene rings is 1. The molecule has 1 aromatic carbocycles. The Morgan fingerprint density at radius 1 is 1.36 bits per heavy atom. The van der Waals surface area contributed by atoms with Crippen LogP contribution in [0.2, 0.25) is 0 Å². The van der Waals surface area contributed by atoms with Crippen molar-refractivity contribution >= 4 is 35.4 Å². The fourth-order valence-corrected chi connectivity index (χ4v) is 3.23. The molecule has 7 nitrogen and oxygen atoms in total. The Kier molecular flexibility index (Phi) is 7.12. The van der Waals surface area contributed by atoms with E-state index in [4.69, 9.17) is 10.5 Å². The number of ether oxygens (including phenoxy) is 1. The van der Waals surface area contributed by atoms with E-state index in [1.165, 1.54) is 11.8 Å². The van der Waals surface area contributed by atoms with Crippen molar-refractivity contribution in [3.8, 4) is 0 Å². The molecule has 1 atom stereocenters. The summed E-state index contributed by atoms with van der Waals surface area (Å²) in [6.45, 7) is 0.242. The number of nitrogens with one attached hydrogen (secondary N) is 1. The molecule has 8 heteroatoms. The number of urea groups is 1. The van der Waals surface area contributed by atoms with Crippen LogP contribution in [0.25, 0.3) is 0 Å². The highest BCUT2D eigenvalue weighted by Gasteiger charge is 2.25. The molecule has 0 spiro atoms. The first kappa shape index (κ1) is 19.1. The predicted octanol–water partition coefficient (Wildman–Crippen LogP) is 1.30. The lowest BCUT2D eigenvalue weighted by Gasteiger charge is -2.29. The maximum atomic E-state index is 12.5. The summed E-state index contributed by atoms with van der Waals surface area (Å²) in [6, 6.07) is 6.08. The van der Waals surface area contributed by atoms with E-state index in [9.17, 15) is 14.4 Å². The highest BCUT2D eigenvalue weighted by Crippen LogP contribution is 2.26. The van der Waals surface area contributed by atoms with Gasteiger partial charge in [0, 0.05) is 12.2 Å². The van der Waals surface area contributed by atoms with E-state index >= 15 is 0 Å². The summed E-state index contributed by atoms with van der Waals surface area (Å²) in [5.41, 5.74) is 7.07. The second-order valence-electron chi connectivity index (χ2n) is 5.73. The van der Waals surface area contributed by atoms with Gasteiger partial charge in [0.25, 0.3) is 5.91 Å². The number of hydrogen-bond acceptors (Lipinski definition) is 5. The number of carbonyl (C=O) groups is 3. The van der Waals surface area contributed by atoms with Gasteiger partial charge in [-0.2, -0.15) is 11.8 Å². The van der Waals surface area contributed by atoms with E-state index in [1.807, 2.05) is 30.5 Å². The minimum absolute atomic E-state index is 0.275. The van der Waals surface area contributed by atoms with E-state index < -0.39 is 18.0 Å². The Morgan fingerprint density at radius 2 is 2.12 bits per heavy atom. The molecule has 0 radical (unpaired) electrons. The molecule has 0 fully saturated rings. The zero-order valence-electron chi connectivity index (χ0n) is 14.2. The maximum Gasteiger partial charge on any atom is 0.329 e. The number of para-hydroxylation sites is 1. The average Bonchev–Trinajstić information content (AvgIpc) is 2.62. The van der Waals surface area contributed by atoms with Gasteiger partial charge >= 0.3 is 12.0 Å². The van der Waals surface area contributed by atoms with Gasteiger partial charge in [-0.15, -0.1) is 0 Å². The van der Waals surface area contributed by atoms with Gasteiger partial charge in [-0.05, 0) is 42.9 Å². The van der Waals surface area contributed by atoms with Crippen molar-refractivity contribution in [1.82, 2.24) is 5.32 Å². The smallest absolute Gasteiger partial charge is 0.329 e. The highest BCUT2D eigenvalue weighted by atomic mass is 32.2. The molecule has 0 aromatic heterocycles. The van der Waals surface area contributed by atoms with Crippen LogP contribution >= 0.6 is 11.8 Å². The fourth-order valence-electron chi connectivity index (χ4n) is 2.76. The lowest BCUT2D eigenvalue weighted by molar-refractivity contribution is -0.149. The van der Waals surface area contributed by atoms with Gasteiger partial charge in [-0.1, -0.05) is 18.2 Å². The molecule has 0 saturated heterocycles. The highest BCUT2D eigenvalue weighted by molar-refractivity contribution is 7.98. The number of anilines is 1. The van der Waals surface area contributed by atoms with Crippen molar-refractivity contribution in [3.05, 3.63) is 29.8 Å². The molecule has 0 unspecified atom stereocenters. The molecule has 1 aliphatic heterocycles. The summed E-state index contributed by atoms with van der Waals surface area (Å²) in [5.74, 6) is -0.261. The largest absolute Gasteiger partial charge is 0.454 e. The van der Waals surface area contributed by atoms with Crippen molar-refractivity contribution < 1.29 is 19.1 Å². The molecule has 1 aliphatic rings. The number of rotatable bonds is 7. The van der Waals surface area contributed by atoms with E-state index in [2.05, 4.69) is 5.32 Å². The first-order valence-corrected chi connectivity index (χ1v) is 9.52. The summed E-state index contributed by atoms with van der Waals surface area (Å²) in [6.07, 6.45) is 4.09. The topological polar surface area (TPSA) is 102 Å². The first-order chi connectivity index (χ1) is 12.0. The van der Waals surface area contributed by atoms with E-state index in [0.717, 1.165) is 24.1 Å². The number of fused-ring (bicyclic) bond motifs is 1. The molecule has 0 aliphatic carbocycles. The van der Waals surface area contributed by atoms with Gasteiger partial charge in [-0.3, -0.25) is 4.79 Å². The van der Waals surface area contributed by atoms with Crippen LogP contribution in [-0.4, -0.2) is 49.1 Å². The van der Waals surface area contributed by atoms with Crippen LogP contribution in [0, 0.1) is 0 Å². The third-order valence-corrected chi connectivity index (χ3v) is 4.60. The minimum atomic E-state index is -0.841. The van der Waals surface area contributed by atoms with Crippen LogP contribution in [0.1, 0.15) is 18.4 Å². The molecule has 1 aromatic rings. The molecular formula is C17H23N3O4S. The van der Waals surface area contributed by atoms with Crippen molar-refractivity contribution in [2.45, 2.75) is 25.3 Å². The monoisotopic (exact) mass is 365 g/mol. The molecule has 3 amide bonds. The molecule has 0 bridgehead atoms. The van der Waals surface area contributed by atoms with Crippen molar-refractivity contribution in [2.24, 2.45) is 5.73 Å². The second-order valence-corrected chi connectivity index (χ2v) is 6.71. The maximum absolute atomic E-state index is 12.5. The summed E-state index contributed by atoms with van der Waals surface area (Å²) >= 11 is 1.54. The second kappa shape index (κ2) is 9.31. The van der Waals surface area contributed by atoms with Gasteiger partial charge in [0.2, 0.25) is 0 Å². The Balaban J connectivity index is 1.94. The first-order valence-electron chi connectivity index (χ1n) is 8.12. The van der Waals surface area contributed by atoms with E-state index in [1.54, 1.807) is 4.90 Å². The summed E-state index contributed by atoms with van der Waals surface area (Å²) < 4.78 is 5.12. The lowest BCUT2D eigenvalue weighted by Crippen LogP contribution is -2.46. The zero-order chi connectivity index (χ0) is 18.2. The summed E-state index contributed by atoms with van der Waals surface area (Å²) in [5, 5.41) is 2.36. The van der Waals surface area contributed by atoms with Gasteiger partial charge in [0.1, 0.15) is 6.04 Å². The molecule has 1 heterocycles. The van der Waals surface area contributed by atoms with Crippen LogP contribution < -0.4 is 16.0 Å². The summed E-state index contributed by atoms with van der Waals surface area (Å²) in [4.78, 5) is 37.3. The number of carbonyl (C=O) groups excluding carboxylic acids is 3. The number of nitrogens with two attached hydrogens (primary N) is 1. The third-order valence-electron chi connectivity index (χ3n) is 3.96. The number of primary amides is 1. The van der Waals surface area contributed by atoms with Crippen molar-refractivity contribution in [3.63, 3.8) is 0 Å². The van der Waals surface area contributed by atoms with Crippen molar-refractivity contribution in [2.75, 3.05) is 30.1 Å². The van der Waals surface area contributed by atoms with E-state index in [0.29, 0.717) is 18.7 Å².